The molecule has 9 rings (SSSR count). The first kappa shape index (κ1) is 26.6. The molecule has 1 aliphatic heterocycles. The molecule has 3 N–H and O–H groups in total. The first-order chi connectivity index (χ1) is 21.3. The molecule has 4 nitrogen and oxygen atoms in total. The van der Waals surface area contributed by atoms with E-state index in [4.69, 9.17) is 4.98 Å². The van der Waals surface area contributed by atoms with Gasteiger partial charge in [0.05, 0.1) is 11.0 Å². The lowest BCUT2D eigenvalue weighted by Crippen LogP contribution is -2.14. The zero-order valence-corrected chi connectivity index (χ0v) is 25.3. The Labute approximate surface area is 256 Å². The minimum Gasteiger partial charge on any atom is -0.357 e. The third kappa shape index (κ3) is 4.13. The maximum Gasteiger partial charge on any atom is 0.299 e. The minimum atomic E-state index is -3.07. The third-order valence-corrected chi connectivity index (χ3v) is 11.4. The summed E-state index contributed by atoms with van der Waals surface area (Å²) in [5.74, 6) is -0.224. The quantitative estimate of drug-likeness (QED) is 0.191. The Hall–Kier alpha value is -3.77. The van der Waals surface area contributed by atoms with Crippen LogP contribution in [0.25, 0.3) is 44.5 Å². The van der Waals surface area contributed by atoms with Gasteiger partial charge in [0, 0.05) is 41.0 Å². The Kier molecular flexibility index (Phi) is 5.67. The Morgan fingerprint density at radius 2 is 1.57 bits per heavy atom. The number of nitrogens with zero attached hydrogens (tertiary/aromatic N) is 1. The van der Waals surface area contributed by atoms with Crippen molar-refractivity contribution in [2.45, 2.75) is 70.3 Å². The predicted octanol–water partition coefficient (Wildman–Crippen LogP) is 9.70. The average molecular weight is 589 g/mol. The molecule has 5 aromatic rings. The van der Waals surface area contributed by atoms with Crippen molar-refractivity contribution in [3.8, 4) is 33.5 Å². The molecule has 44 heavy (non-hydrogen) atoms. The van der Waals surface area contributed by atoms with E-state index in [2.05, 4.69) is 41.3 Å². The lowest BCUT2D eigenvalue weighted by molar-refractivity contribution is 0.0481. The van der Waals surface area contributed by atoms with Crippen LogP contribution in [0.3, 0.4) is 0 Å². The predicted molar refractivity (Wildman–Crippen MR) is 172 cm³/mol. The molecule has 1 spiro atoms. The van der Waals surface area contributed by atoms with Crippen LogP contribution in [0.4, 0.5) is 8.78 Å². The topological polar surface area (TPSA) is 56.5 Å². The summed E-state index contributed by atoms with van der Waals surface area (Å²) < 4.78 is 32.3. The first-order valence-corrected chi connectivity index (χ1v) is 16.4. The molecule has 0 bridgehead atoms. The summed E-state index contributed by atoms with van der Waals surface area (Å²) in [6, 6.07) is 21.6. The molecule has 0 amide bonds. The third-order valence-electron chi connectivity index (χ3n) is 11.4. The molecular formula is C38H38F2N4. The molecule has 3 aromatic carbocycles. The number of imidazole rings is 1. The van der Waals surface area contributed by atoms with Crippen molar-refractivity contribution in [2.24, 2.45) is 17.3 Å². The largest absolute Gasteiger partial charge is 0.357 e. The summed E-state index contributed by atoms with van der Waals surface area (Å²) in [4.78, 5) is 12.0. The number of hydrogen-bond acceptors (Lipinski definition) is 2. The van der Waals surface area contributed by atoms with Crippen molar-refractivity contribution in [1.82, 2.24) is 20.3 Å². The fourth-order valence-electron chi connectivity index (χ4n) is 8.40. The van der Waals surface area contributed by atoms with Crippen molar-refractivity contribution in [1.29, 1.82) is 0 Å². The summed E-state index contributed by atoms with van der Waals surface area (Å²) in [5, 5.41) is 3.65. The van der Waals surface area contributed by atoms with Gasteiger partial charge in [-0.1, -0.05) is 50.6 Å². The molecule has 1 unspecified atom stereocenters. The molecule has 3 fully saturated rings. The monoisotopic (exact) mass is 588 g/mol. The zero-order valence-electron chi connectivity index (χ0n) is 25.3. The average Bonchev–Trinajstić information content (AvgIpc) is 3.56. The molecule has 4 atom stereocenters. The molecule has 3 heterocycles. The van der Waals surface area contributed by atoms with E-state index in [1.165, 1.54) is 32.1 Å². The molecule has 3 aliphatic carbocycles. The van der Waals surface area contributed by atoms with Crippen LogP contribution in [0, 0.1) is 17.3 Å². The number of hydrogen-bond donors (Lipinski definition) is 3. The maximum absolute atomic E-state index is 16.1. The van der Waals surface area contributed by atoms with Gasteiger partial charge in [-0.05, 0) is 114 Å². The lowest BCUT2D eigenvalue weighted by Gasteiger charge is -2.16. The smallest absolute Gasteiger partial charge is 0.299 e. The highest BCUT2D eigenvalue weighted by Crippen LogP contribution is 2.55. The zero-order chi connectivity index (χ0) is 29.8. The summed E-state index contributed by atoms with van der Waals surface area (Å²) in [6.45, 7) is 5.69. The highest BCUT2D eigenvalue weighted by molar-refractivity contribution is 5.87. The SMILES string of the molecule is CC(c1nc2ccc(-c3ccc4c(c3)C(F)(F)c3cc(-c5ccc([C@@H]6CC7(CC7)CN6)[nH]5)ccc3-4)cc2[nH]1)[C@H]1CC[C@@H](C)C1. The second kappa shape index (κ2) is 9.37. The molecule has 0 radical (unpaired) electrons. The molecule has 2 saturated carbocycles. The Balaban J connectivity index is 1.00. The standard InChI is InChI=1S/C38H38F2N4/c1-21-3-4-23(15-21)22(2)36-43-32-10-7-25(18-34(32)44-36)24-5-8-27-28-9-6-26(17-30(28)38(39,40)29(27)16-24)31-11-12-33(42-31)35-19-37(13-14-37)20-41-35/h5-12,16-18,21-23,35,41-42H,3-4,13-15,19-20H2,1-2H3,(H,43,44)/t21-,22?,23+,35+/m1/s1. The van der Waals surface area contributed by atoms with E-state index in [9.17, 15) is 0 Å². The molecule has 1 saturated heterocycles. The summed E-state index contributed by atoms with van der Waals surface area (Å²) in [6.07, 6.45) is 7.57. The maximum atomic E-state index is 16.1. The number of fused-ring (bicyclic) bond motifs is 4. The number of aromatic amines is 2. The molecule has 224 valence electrons. The van der Waals surface area contributed by atoms with E-state index in [0.29, 0.717) is 34.4 Å². The molecular weight excluding hydrogens is 550 g/mol. The normalized spacial score (nSPS) is 25.0. The van der Waals surface area contributed by atoms with Gasteiger partial charge in [-0.25, -0.2) is 4.98 Å². The van der Waals surface area contributed by atoms with E-state index in [-0.39, 0.29) is 11.1 Å². The van der Waals surface area contributed by atoms with Crippen LogP contribution >= 0.6 is 0 Å². The number of aromatic nitrogens is 3. The van der Waals surface area contributed by atoms with Crippen molar-refractivity contribution in [3.63, 3.8) is 0 Å². The van der Waals surface area contributed by atoms with Crippen molar-refractivity contribution >= 4 is 11.0 Å². The van der Waals surface area contributed by atoms with Crippen LogP contribution in [-0.2, 0) is 5.92 Å². The summed E-state index contributed by atoms with van der Waals surface area (Å²) >= 11 is 0. The Morgan fingerprint density at radius 1 is 0.841 bits per heavy atom. The van der Waals surface area contributed by atoms with Crippen LogP contribution in [0.2, 0.25) is 0 Å². The fourth-order valence-corrected chi connectivity index (χ4v) is 8.40. The van der Waals surface area contributed by atoms with Gasteiger partial charge in [0.25, 0.3) is 5.92 Å². The van der Waals surface area contributed by atoms with E-state index in [1.54, 1.807) is 12.1 Å². The van der Waals surface area contributed by atoms with Gasteiger partial charge < -0.3 is 15.3 Å². The number of H-pyrrole nitrogens is 2. The number of benzene rings is 3. The molecule has 2 aromatic heterocycles. The van der Waals surface area contributed by atoms with E-state index in [0.717, 1.165) is 63.8 Å². The van der Waals surface area contributed by atoms with Crippen molar-refractivity contribution in [2.75, 3.05) is 6.54 Å². The number of alkyl halides is 2. The van der Waals surface area contributed by atoms with E-state index < -0.39 is 5.92 Å². The van der Waals surface area contributed by atoms with Crippen LogP contribution in [0.1, 0.15) is 87.0 Å². The van der Waals surface area contributed by atoms with E-state index in [1.807, 2.05) is 42.5 Å². The fraction of sp³-hybridized carbons (Fsp3) is 0.395. The van der Waals surface area contributed by atoms with E-state index >= 15 is 8.78 Å². The van der Waals surface area contributed by atoms with Crippen LogP contribution in [0.15, 0.2) is 66.7 Å². The van der Waals surface area contributed by atoms with Gasteiger partial charge in [0.2, 0.25) is 0 Å². The van der Waals surface area contributed by atoms with Gasteiger partial charge in [0.15, 0.2) is 0 Å². The van der Waals surface area contributed by atoms with Crippen molar-refractivity contribution < 1.29 is 8.78 Å². The number of nitrogens with one attached hydrogen (secondary N) is 3. The van der Waals surface area contributed by atoms with Gasteiger partial charge in [-0.2, -0.15) is 8.78 Å². The molecule has 4 aliphatic rings. The highest BCUT2D eigenvalue weighted by atomic mass is 19.3. The van der Waals surface area contributed by atoms with Crippen molar-refractivity contribution in [3.05, 3.63) is 89.4 Å². The molecule has 6 heteroatoms. The number of halogens is 2. The van der Waals surface area contributed by atoms with Gasteiger partial charge in [0.1, 0.15) is 5.82 Å². The number of rotatable bonds is 5. The van der Waals surface area contributed by atoms with Gasteiger partial charge in [-0.15, -0.1) is 0 Å². The lowest BCUT2D eigenvalue weighted by atomic mass is 9.91. The van der Waals surface area contributed by atoms with Crippen LogP contribution in [0.5, 0.6) is 0 Å². The first-order valence-electron chi connectivity index (χ1n) is 16.4. The van der Waals surface area contributed by atoms with Crippen LogP contribution < -0.4 is 5.32 Å². The highest BCUT2D eigenvalue weighted by Gasteiger charge is 2.49. The second-order valence-corrected chi connectivity index (χ2v) is 14.4. The Bertz CT molecular complexity index is 1930. The Morgan fingerprint density at radius 3 is 2.30 bits per heavy atom. The van der Waals surface area contributed by atoms with Gasteiger partial charge in [-0.3, -0.25) is 0 Å². The second-order valence-electron chi connectivity index (χ2n) is 14.4. The van der Waals surface area contributed by atoms with Gasteiger partial charge >= 0.3 is 0 Å². The van der Waals surface area contributed by atoms with Crippen LogP contribution in [-0.4, -0.2) is 21.5 Å². The summed E-state index contributed by atoms with van der Waals surface area (Å²) in [7, 11) is 0. The minimum absolute atomic E-state index is 0.0774. The summed E-state index contributed by atoms with van der Waals surface area (Å²) in [5.41, 5.74) is 8.30.